The third-order valence-electron chi connectivity index (χ3n) is 3.21. The first-order valence-corrected chi connectivity index (χ1v) is 6.43. The van der Waals surface area contributed by atoms with Gasteiger partial charge >= 0.3 is 0 Å². The van der Waals surface area contributed by atoms with Crippen LogP contribution in [0.5, 0.6) is 0 Å². The minimum atomic E-state index is 0.271. The summed E-state index contributed by atoms with van der Waals surface area (Å²) in [6.07, 6.45) is 2.10. The van der Waals surface area contributed by atoms with E-state index in [1.54, 1.807) is 0 Å². The Balaban J connectivity index is 2.09. The normalized spacial score (nSPS) is 18.1. The summed E-state index contributed by atoms with van der Waals surface area (Å²) in [6.45, 7) is 5.73. The van der Waals surface area contributed by atoms with E-state index in [1.807, 2.05) is 0 Å². The van der Waals surface area contributed by atoms with Gasteiger partial charge in [-0.2, -0.15) is 0 Å². The molecule has 0 amide bonds. The average Bonchev–Trinajstić information content (AvgIpc) is 2.38. The zero-order valence-electron chi connectivity index (χ0n) is 10.6. The first kappa shape index (κ1) is 12.4. The largest absolute Gasteiger partial charge is 0.378 e. The van der Waals surface area contributed by atoms with Gasteiger partial charge in [-0.25, -0.2) is 0 Å². The molecular weight excluding hydrogens is 212 g/mol. The van der Waals surface area contributed by atoms with Crippen molar-refractivity contribution in [1.82, 2.24) is 0 Å². The Morgan fingerprint density at radius 3 is 2.71 bits per heavy atom. The number of benzene rings is 1. The Kier molecular flexibility index (Phi) is 4.40. The lowest BCUT2D eigenvalue weighted by Gasteiger charge is -2.30. The minimum absolute atomic E-state index is 0.271. The number of nitrogens with two attached hydrogens (primary N) is 1. The van der Waals surface area contributed by atoms with Crippen LogP contribution in [-0.4, -0.2) is 32.3 Å². The van der Waals surface area contributed by atoms with E-state index < -0.39 is 0 Å². The lowest BCUT2D eigenvalue weighted by molar-refractivity contribution is 0.122. The van der Waals surface area contributed by atoms with Crippen molar-refractivity contribution >= 4 is 5.69 Å². The molecule has 1 aromatic rings. The summed E-state index contributed by atoms with van der Waals surface area (Å²) in [7, 11) is 0. The highest BCUT2D eigenvalue weighted by molar-refractivity contribution is 5.54. The molecule has 1 aliphatic heterocycles. The molecule has 17 heavy (non-hydrogen) atoms. The number of ether oxygens (including phenoxy) is 1. The Hall–Kier alpha value is -1.06. The molecule has 1 unspecified atom stereocenters. The molecule has 2 N–H and O–H groups in total. The van der Waals surface area contributed by atoms with E-state index in [1.165, 1.54) is 11.3 Å². The minimum Gasteiger partial charge on any atom is -0.378 e. The van der Waals surface area contributed by atoms with Gasteiger partial charge in [-0.05, 0) is 31.4 Å². The summed E-state index contributed by atoms with van der Waals surface area (Å²) in [6, 6.07) is 8.92. The maximum Gasteiger partial charge on any atom is 0.0642 e. The van der Waals surface area contributed by atoms with Gasteiger partial charge in [-0.3, -0.25) is 0 Å². The maximum absolute atomic E-state index is 5.84. The molecule has 0 spiro atoms. The van der Waals surface area contributed by atoms with Crippen LogP contribution < -0.4 is 10.6 Å². The Labute approximate surface area is 104 Å². The molecule has 3 nitrogen and oxygen atoms in total. The molecule has 1 aliphatic rings. The van der Waals surface area contributed by atoms with E-state index in [0.717, 1.165) is 39.1 Å². The molecule has 1 atom stereocenters. The predicted molar refractivity (Wildman–Crippen MR) is 71.4 cm³/mol. The number of hydrogen-bond donors (Lipinski definition) is 1. The smallest absolute Gasteiger partial charge is 0.0642 e. The van der Waals surface area contributed by atoms with Crippen LogP contribution in [0.15, 0.2) is 24.3 Å². The van der Waals surface area contributed by atoms with Gasteiger partial charge in [-0.1, -0.05) is 18.2 Å². The van der Waals surface area contributed by atoms with Crippen LogP contribution in [0.25, 0.3) is 0 Å². The zero-order valence-corrected chi connectivity index (χ0v) is 10.6. The van der Waals surface area contributed by atoms with Crippen molar-refractivity contribution in [3.05, 3.63) is 29.8 Å². The summed E-state index contributed by atoms with van der Waals surface area (Å²) in [5.74, 6) is 0. The number of para-hydroxylation sites is 1. The van der Waals surface area contributed by atoms with E-state index in [4.69, 9.17) is 10.5 Å². The molecule has 94 valence electrons. The van der Waals surface area contributed by atoms with Crippen molar-refractivity contribution in [2.45, 2.75) is 25.8 Å². The molecule has 0 saturated carbocycles. The second-order valence-corrected chi connectivity index (χ2v) is 4.74. The van der Waals surface area contributed by atoms with Gasteiger partial charge < -0.3 is 15.4 Å². The van der Waals surface area contributed by atoms with Crippen molar-refractivity contribution in [3.63, 3.8) is 0 Å². The van der Waals surface area contributed by atoms with Crippen LogP contribution >= 0.6 is 0 Å². The fourth-order valence-corrected chi connectivity index (χ4v) is 2.22. The van der Waals surface area contributed by atoms with Crippen molar-refractivity contribution in [3.8, 4) is 0 Å². The number of nitrogens with zero attached hydrogens (tertiary/aromatic N) is 1. The van der Waals surface area contributed by atoms with E-state index >= 15 is 0 Å². The molecule has 0 bridgehead atoms. The summed E-state index contributed by atoms with van der Waals surface area (Å²) in [4.78, 5) is 2.42. The average molecular weight is 234 g/mol. The SMILES string of the molecule is CC(N)CCc1ccccc1N1CCOCC1. The zero-order chi connectivity index (χ0) is 12.1. The summed E-state index contributed by atoms with van der Waals surface area (Å²) in [5, 5.41) is 0. The molecule has 3 heteroatoms. The Bertz CT molecular complexity index is 346. The molecule has 0 radical (unpaired) electrons. The van der Waals surface area contributed by atoms with Crippen molar-refractivity contribution in [2.24, 2.45) is 5.73 Å². The topological polar surface area (TPSA) is 38.5 Å². The second-order valence-electron chi connectivity index (χ2n) is 4.74. The molecule has 2 rings (SSSR count). The van der Waals surface area contributed by atoms with E-state index in [2.05, 4.69) is 36.1 Å². The Morgan fingerprint density at radius 2 is 2.00 bits per heavy atom. The molecule has 0 aromatic heterocycles. The first-order chi connectivity index (χ1) is 8.27. The monoisotopic (exact) mass is 234 g/mol. The number of aryl methyl sites for hydroxylation is 1. The highest BCUT2D eigenvalue weighted by atomic mass is 16.5. The van der Waals surface area contributed by atoms with E-state index in [9.17, 15) is 0 Å². The Morgan fingerprint density at radius 1 is 1.29 bits per heavy atom. The summed E-state index contributed by atoms with van der Waals surface area (Å²) >= 11 is 0. The lowest BCUT2D eigenvalue weighted by atomic mass is 10.0. The molecule has 1 heterocycles. The third kappa shape index (κ3) is 3.45. The highest BCUT2D eigenvalue weighted by Crippen LogP contribution is 2.22. The lowest BCUT2D eigenvalue weighted by Crippen LogP contribution is -2.36. The van der Waals surface area contributed by atoms with Gasteiger partial charge in [0.25, 0.3) is 0 Å². The third-order valence-corrected chi connectivity index (χ3v) is 3.21. The van der Waals surface area contributed by atoms with Crippen molar-refractivity contribution in [2.75, 3.05) is 31.2 Å². The standard InChI is InChI=1S/C14H22N2O/c1-12(15)6-7-13-4-2-3-5-14(13)16-8-10-17-11-9-16/h2-5,12H,6-11,15H2,1H3. The van der Waals surface area contributed by atoms with Gasteiger partial charge in [0.05, 0.1) is 13.2 Å². The number of hydrogen-bond acceptors (Lipinski definition) is 3. The van der Waals surface area contributed by atoms with Crippen LogP contribution in [0.1, 0.15) is 18.9 Å². The summed E-state index contributed by atoms with van der Waals surface area (Å²) in [5.41, 5.74) is 8.60. The molecule has 1 saturated heterocycles. The maximum atomic E-state index is 5.84. The van der Waals surface area contributed by atoms with Gasteiger partial charge in [0, 0.05) is 24.8 Å². The number of morpholine rings is 1. The fraction of sp³-hybridized carbons (Fsp3) is 0.571. The highest BCUT2D eigenvalue weighted by Gasteiger charge is 2.14. The van der Waals surface area contributed by atoms with Gasteiger partial charge in [0.1, 0.15) is 0 Å². The van der Waals surface area contributed by atoms with Crippen LogP contribution in [-0.2, 0) is 11.2 Å². The van der Waals surface area contributed by atoms with Gasteiger partial charge in [0.15, 0.2) is 0 Å². The van der Waals surface area contributed by atoms with Crippen molar-refractivity contribution < 1.29 is 4.74 Å². The number of rotatable bonds is 4. The summed E-state index contributed by atoms with van der Waals surface area (Å²) < 4.78 is 5.40. The van der Waals surface area contributed by atoms with Gasteiger partial charge in [-0.15, -0.1) is 0 Å². The van der Waals surface area contributed by atoms with E-state index in [0.29, 0.717) is 0 Å². The van der Waals surface area contributed by atoms with E-state index in [-0.39, 0.29) is 6.04 Å². The van der Waals surface area contributed by atoms with Crippen LogP contribution in [0, 0.1) is 0 Å². The molecular formula is C14H22N2O. The second kappa shape index (κ2) is 6.03. The first-order valence-electron chi connectivity index (χ1n) is 6.43. The quantitative estimate of drug-likeness (QED) is 0.863. The number of anilines is 1. The van der Waals surface area contributed by atoms with Crippen LogP contribution in [0.4, 0.5) is 5.69 Å². The molecule has 1 aromatic carbocycles. The fourth-order valence-electron chi connectivity index (χ4n) is 2.22. The van der Waals surface area contributed by atoms with Crippen molar-refractivity contribution in [1.29, 1.82) is 0 Å². The molecule has 0 aliphatic carbocycles. The molecule has 1 fully saturated rings. The van der Waals surface area contributed by atoms with Gasteiger partial charge in [0.2, 0.25) is 0 Å². The predicted octanol–water partition coefficient (Wildman–Crippen LogP) is 1.80. The van der Waals surface area contributed by atoms with Crippen LogP contribution in [0.2, 0.25) is 0 Å². The van der Waals surface area contributed by atoms with Crippen LogP contribution in [0.3, 0.4) is 0 Å².